The van der Waals surface area contributed by atoms with Crippen molar-refractivity contribution in [3.63, 3.8) is 0 Å². The predicted octanol–water partition coefficient (Wildman–Crippen LogP) is 2.84. The molecule has 1 aliphatic heterocycles. The van der Waals surface area contributed by atoms with Gasteiger partial charge in [-0.15, -0.1) is 0 Å². The smallest absolute Gasteiger partial charge is 0.126 e. The number of hydrogen-bond donors (Lipinski definition) is 1. The average Bonchev–Trinajstić information content (AvgIpc) is 2.88. The summed E-state index contributed by atoms with van der Waals surface area (Å²) in [5.74, 6) is 0.139. The third-order valence-corrected chi connectivity index (χ3v) is 3.45. The summed E-state index contributed by atoms with van der Waals surface area (Å²) in [6.07, 6.45) is 2.60. The molecule has 1 aliphatic rings. The van der Waals surface area contributed by atoms with Crippen LogP contribution in [0.5, 0.6) is 0 Å². The van der Waals surface area contributed by atoms with Gasteiger partial charge in [-0.05, 0) is 50.0 Å². The Morgan fingerprint density at radius 1 is 1.37 bits per heavy atom. The normalized spacial score (nSPS) is 17.1. The highest BCUT2D eigenvalue weighted by molar-refractivity contribution is 5.49. The van der Waals surface area contributed by atoms with E-state index in [-0.39, 0.29) is 5.82 Å². The number of nitrogens with one attached hydrogen (secondary N) is 1. The van der Waals surface area contributed by atoms with E-state index in [4.69, 9.17) is 5.26 Å². The highest BCUT2D eigenvalue weighted by Gasteiger charge is 2.14. The molecule has 0 amide bonds. The molecule has 0 saturated carbocycles. The highest BCUT2D eigenvalue weighted by Crippen LogP contribution is 2.15. The Morgan fingerprint density at radius 3 is 2.79 bits per heavy atom. The molecule has 0 aromatic heterocycles. The van der Waals surface area contributed by atoms with Crippen molar-refractivity contribution in [2.75, 3.05) is 31.5 Å². The van der Waals surface area contributed by atoms with Crippen LogP contribution in [0.15, 0.2) is 18.2 Å². The van der Waals surface area contributed by atoms with Crippen molar-refractivity contribution in [2.45, 2.75) is 19.8 Å². The van der Waals surface area contributed by atoms with Crippen LogP contribution in [0.2, 0.25) is 0 Å². The lowest BCUT2D eigenvalue weighted by molar-refractivity contribution is 0.294. The summed E-state index contributed by atoms with van der Waals surface area (Å²) in [6.45, 7) is 6.46. The van der Waals surface area contributed by atoms with Crippen LogP contribution in [0.25, 0.3) is 0 Å². The lowest BCUT2D eigenvalue weighted by atomic mass is 10.1. The van der Waals surface area contributed by atoms with Crippen molar-refractivity contribution < 1.29 is 4.39 Å². The Bertz CT molecular complexity index is 461. The molecule has 0 spiro atoms. The van der Waals surface area contributed by atoms with Crippen LogP contribution in [-0.2, 0) is 0 Å². The highest BCUT2D eigenvalue weighted by atomic mass is 19.1. The summed E-state index contributed by atoms with van der Waals surface area (Å²) in [7, 11) is 0. The van der Waals surface area contributed by atoms with Crippen LogP contribution >= 0.6 is 0 Å². The van der Waals surface area contributed by atoms with E-state index < -0.39 is 0 Å². The number of nitrogens with zero attached hydrogens (tertiary/aromatic N) is 2. The Hall–Kier alpha value is -1.60. The van der Waals surface area contributed by atoms with E-state index in [0.29, 0.717) is 17.2 Å². The number of hydrogen-bond acceptors (Lipinski definition) is 3. The Kier molecular flexibility index (Phi) is 4.75. The van der Waals surface area contributed by atoms with E-state index in [1.54, 1.807) is 6.07 Å². The SMILES string of the molecule is CC(CNc1cc(F)cc(C#N)c1)CN1CCCC1. The zero-order valence-corrected chi connectivity index (χ0v) is 11.3. The zero-order valence-electron chi connectivity index (χ0n) is 11.3. The molecule has 4 heteroatoms. The molecule has 1 heterocycles. The van der Waals surface area contributed by atoms with Gasteiger partial charge in [0.1, 0.15) is 5.82 Å². The molecule has 1 unspecified atom stereocenters. The van der Waals surface area contributed by atoms with Gasteiger partial charge in [0.15, 0.2) is 0 Å². The van der Waals surface area contributed by atoms with Gasteiger partial charge in [-0.25, -0.2) is 4.39 Å². The van der Waals surface area contributed by atoms with E-state index in [9.17, 15) is 4.39 Å². The van der Waals surface area contributed by atoms with Gasteiger partial charge in [-0.1, -0.05) is 6.92 Å². The Balaban J connectivity index is 1.84. The van der Waals surface area contributed by atoms with E-state index in [2.05, 4.69) is 17.1 Å². The predicted molar refractivity (Wildman–Crippen MR) is 74.4 cm³/mol. The summed E-state index contributed by atoms with van der Waals surface area (Å²) in [4.78, 5) is 2.47. The summed E-state index contributed by atoms with van der Waals surface area (Å²) >= 11 is 0. The number of anilines is 1. The van der Waals surface area contributed by atoms with E-state index in [1.807, 2.05) is 6.07 Å². The molecule has 19 heavy (non-hydrogen) atoms. The van der Waals surface area contributed by atoms with Crippen LogP contribution in [0.3, 0.4) is 0 Å². The topological polar surface area (TPSA) is 39.1 Å². The minimum atomic E-state index is -0.367. The fourth-order valence-electron chi connectivity index (χ4n) is 2.52. The molecule has 1 N–H and O–H groups in total. The van der Waals surface area contributed by atoms with E-state index in [0.717, 1.165) is 13.1 Å². The molecule has 2 rings (SSSR count). The molecule has 1 aromatic rings. The molecular formula is C15H20FN3. The number of rotatable bonds is 5. The van der Waals surface area contributed by atoms with Crippen LogP contribution in [-0.4, -0.2) is 31.1 Å². The molecule has 0 bridgehead atoms. The number of nitriles is 1. The fraction of sp³-hybridized carbons (Fsp3) is 0.533. The lowest BCUT2D eigenvalue weighted by Gasteiger charge is -2.20. The molecule has 1 saturated heterocycles. The van der Waals surface area contributed by atoms with Crippen LogP contribution in [0.4, 0.5) is 10.1 Å². The minimum Gasteiger partial charge on any atom is -0.385 e. The van der Waals surface area contributed by atoms with E-state index in [1.165, 1.54) is 38.1 Å². The third-order valence-electron chi connectivity index (χ3n) is 3.45. The molecule has 1 fully saturated rings. The Labute approximate surface area is 114 Å². The van der Waals surface area contributed by atoms with Gasteiger partial charge in [-0.2, -0.15) is 5.26 Å². The number of halogens is 1. The maximum Gasteiger partial charge on any atom is 0.126 e. The largest absolute Gasteiger partial charge is 0.385 e. The van der Waals surface area contributed by atoms with Crippen LogP contribution in [0.1, 0.15) is 25.3 Å². The molecule has 1 aromatic carbocycles. The molecule has 102 valence electrons. The molecular weight excluding hydrogens is 241 g/mol. The van der Waals surface area contributed by atoms with Crippen molar-refractivity contribution in [1.29, 1.82) is 5.26 Å². The van der Waals surface area contributed by atoms with Gasteiger partial charge in [0.25, 0.3) is 0 Å². The van der Waals surface area contributed by atoms with Gasteiger partial charge in [0, 0.05) is 18.8 Å². The monoisotopic (exact) mass is 261 g/mol. The maximum atomic E-state index is 13.3. The summed E-state index contributed by atoms with van der Waals surface area (Å²) in [6, 6.07) is 6.34. The third kappa shape index (κ3) is 4.22. The number of benzene rings is 1. The molecule has 0 radical (unpaired) electrons. The van der Waals surface area contributed by atoms with Gasteiger partial charge < -0.3 is 10.2 Å². The first-order valence-electron chi connectivity index (χ1n) is 6.84. The van der Waals surface area contributed by atoms with Crippen molar-refractivity contribution in [2.24, 2.45) is 5.92 Å². The molecule has 0 aliphatic carbocycles. The first-order valence-corrected chi connectivity index (χ1v) is 6.84. The second-order valence-corrected chi connectivity index (χ2v) is 5.33. The fourth-order valence-corrected chi connectivity index (χ4v) is 2.52. The maximum absolute atomic E-state index is 13.3. The van der Waals surface area contributed by atoms with E-state index >= 15 is 0 Å². The molecule has 3 nitrogen and oxygen atoms in total. The van der Waals surface area contributed by atoms with Gasteiger partial charge >= 0.3 is 0 Å². The van der Waals surface area contributed by atoms with Crippen molar-refractivity contribution in [3.05, 3.63) is 29.6 Å². The van der Waals surface area contributed by atoms with Crippen LogP contribution in [0, 0.1) is 23.1 Å². The quantitative estimate of drug-likeness (QED) is 0.886. The first kappa shape index (κ1) is 13.8. The van der Waals surface area contributed by atoms with Crippen LogP contribution < -0.4 is 5.32 Å². The number of likely N-dealkylation sites (tertiary alicyclic amines) is 1. The van der Waals surface area contributed by atoms with Crippen molar-refractivity contribution >= 4 is 5.69 Å². The second kappa shape index (κ2) is 6.53. The Morgan fingerprint density at radius 2 is 2.11 bits per heavy atom. The minimum absolute atomic E-state index is 0.356. The summed E-state index contributed by atoms with van der Waals surface area (Å²) in [5, 5.41) is 12.0. The molecule has 1 atom stereocenters. The van der Waals surface area contributed by atoms with Gasteiger partial charge in [0.05, 0.1) is 11.6 Å². The standard InChI is InChI=1S/C15H20FN3/c1-12(11-19-4-2-3-5-19)10-18-15-7-13(9-17)6-14(16)8-15/h6-8,12,18H,2-5,10-11H2,1H3. The summed E-state index contributed by atoms with van der Waals surface area (Å²) < 4.78 is 13.3. The first-order chi connectivity index (χ1) is 9.17. The van der Waals surface area contributed by atoms with Crippen molar-refractivity contribution in [3.8, 4) is 6.07 Å². The average molecular weight is 261 g/mol. The summed E-state index contributed by atoms with van der Waals surface area (Å²) in [5.41, 5.74) is 1.04. The van der Waals surface area contributed by atoms with Gasteiger partial charge in [-0.3, -0.25) is 0 Å². The van der Waals surface area contributed by atoms with Crippen molar-refractivity contribution in [1.82, 2.24) is 4.90 Å². The van der Waals surface area contributed by atoms with Gasteiger partial charge in [0.2, 0.25) is 0 Å². The second-order valence-electron chi connectivity index (χ2n) is 5.33. The lowest BCUT2D eigenvalue weighted by Crippen LogP contribution is -2.28. The zero-order chi connectivity index (χ0) is 13.7.